The number of halogens is 2. The van der Waals surface area contributed by atoms with E-state index >= 15 is 0 Å². The van der Waals surface area contributed by atoms with Crippen LogP contribution in [0, 0.1) is 0 Å². The largest absolute Gasteiger partial charge is 0.467 e. The molecule has 0 bridgehead atoms. The van der Waals surface area contributed by atoms with Crippen LogP contribution in [0.1, 0.15) is 0 Å². The monoisotopic (exact) mass is 343 g/mol. The Balaban J connectivity index is 2.29. The van der Waals surface area contributed by atoms with Crippen LogP contribution in [0.5, 0.6) is 6.01 Å². The van der Waals surface area contributed by atoms with Crippen molar-refractivity contribution in [3.8, 4) is 6.01 Å². The van der Waals surface area contributed by atoms with Gasteiger partial charge in [0.15, 0.2) is 0 Å². The van der Waals surface area contributed by atoms with E-state index in [9.17, 15) is 0 Å². The van der Waals surface area contributed by atoms with E-state index in [0.29, 0.717) is 16.9 Å². The zero-order valence-electron chi connectivity index (χ0n) is 10.2. The lowest BCUT2D eigenvalue weighted by Crippen LogP contribution is -2.05. The van der Waals surface area contributed by atoms with Crippen LogP contribution in [0.2, 0.25) is 5.02 Å². The van der Waals surface area contributed by atoms with Gasteiger partial charge in [-0.3, -0.25) is 0 Å². The number of nitrogens with zero attached hydrogens (tertiary/aromatic N) is 3. The van der Waals surface area contributed by atoms with E-state index in [1.165, 1.54) is 7.11 Å². The molecule has 0 atom stereocenters. The fourth-order valence-corrected chi connectivity index (χ4v) is 1.75. The molecule has 0 saturated carbocycles. The number of aromatic nitrogens is 3. The molecule has 0 amide bonds. The third-order valence-electron chi connectivity index (χ3n) is 2.20. The number of rotatable bonds is 4. The van der Waals surface area contributed by atoms with Crippen molar-refractivity contribution in [1.82, 2.24) is 15.0 Å². The van der Waals surface area contributed by atoms with Gasteiger partial charge in [-0.15, -0.1) is 0 Å². The lowest BCUT2D eigenvalue weighted by molar-refractivity contribution is 0.379. The zero-order valence-corrected chi connectivity index (χ0v) is 12.6. The minimum Gasteiger partial charge on any atom is -0.467 e. The molecule has 2 rings (SSSR count). The lowest BCUT2D eigenvalue weighted by Gasteiger charge is -2.08. The smallest absolute Gasteiger partial charge is 0.322 e. The van der Waals surface area contributed by atoms with Gasteiger partial charge in [0, 0.05) is 17.2 Å². The van der Waals surface area contributed by atoms with Crippen LogP contribution in [0.4, 0.5) is 17.6 Å². The summed E-state index contributed by atoms with van der Waals surface area (Å²) in [5.41, 5.74) is 0.767. The molecule has 0 fully saturated rings. The number of nitrogens with one attached hydrogen (secondary N) is 2. The SMILES string of the molecule is CNc1nc(Nc2ccc(Br)c(Cl)c2)nc(OC)n1. The first-order chi connectivity index (χ1) is 9.12. The molecule has 1 aromatic carbocycles. The number of benzene rings is 1. The summed E-state index contributed by atoms with van der Waals surface area (Å²) in [6.07, 6.45) is 0. The number of hydrogen-bond donors (Lipinski definition) is 2. The van der Waals surface area contributed by atoms with E-state index in [2.05, 4.69) is 41.5 Å². The van der Waals surface area contributed by atoms with Crippen LogP contribution in [0.25, 0.3) is 0 Å². The Labute approximate surface area is 123 Å². The summed E-state index contributed by atoms with van der Waals surface area (Å²) in [6.45, 7) is 0. The molecule has 0 radical (unpaired) electrons. The molecule has 2 N–H and O–H groups in total. The van der Waals surface area contributed by atoms with Crippen LogP contribution in [-0.2, 0) is 0 Å². The van der Waals surface area contributed by atoms with Crippen LogP contribution in [0.3, 0.4) is 0 Å². The molecular weight excluding hydrogens is 334 g/mol. The molecule has 2 aromatic rings. The van der Waals surface area contributed by atoms with E-state index in [4.69, 9.17) is 16.3 Å². The quantitative estimate of drug-likeness (QED) is 0.888. The maximum absolute atomic E-state index is 6.02. The molecule has 100 valence electrons. The fraction of sp³-hybridized carbons (Fsp3) is 0.182. The second-order valence-corrected chi connectivity index (χ2v) is 4.73. The normalized spacial score (nSPS) is 10.1. The molecule has 0 saturated heterocycles. The molecule has 0 aliphatic heterocycles. The topological polar surface area (TPSA) is 72.0 Å². The Kier molecular flexibility index (Phi) is 4.39. The van der Waals surface area contributed by atoms with Gasteiger partial charge in [0.2, 0.25) is 11.9 Å². The second kappa shape index (κ2) is 6.03. The van der Waals surface area contributed by atoms with Gasteiger partial charge in [0.1, 0.15) is 0 Å². The highest BCUT2D eigenvalue weighted by Crippen LogP contribution is 2.26. The number of methoxy groups -OCH3 is 1. The number of ether oxygens (including phenoxy) is 1. The Morgan fingerprint density at radius 3 is 2.58 bits per heavy atom. The minimum atomic E-state index is 0.227. The van der Waals surface area contributed by atoms with Gasteiger partial charge in [-0.1, -0.05) is 11.6 Å². The lowest BCUT2D eigenvalue weighted by atomic mass is 10.3. The molecule has 6 nitrogen and oxygen atoms in total. The number of anilines is 3. The molecule has 0 spiro atoms. The molecule has 1 aromatic heterocycles. The van der Waals surface area contributed by atoms with Crippen molar-refractivity contribution in [2.75, 3.05) is 24.8 Å². The third kappa shape index (κ3) is 3.45. The summed E-state index contributed by atoms with van der Waals surface area (Å²) in [7, 11) is 3.21. The minimum absolute atomic E-state index is 0.227. The highest BCUT2D eigenvalue weighted by Gasteiger charge is 2.07. The maximum atomic E-state index is 6.02. The van der Waals surface area contributed by atoms with Crippen molar-refractivity contribution >= 4 is 45.1 Å². The van der Waals surface area contributed by atoms with Crippen molar-refractivity contribution in [1.29, 1.82) is 0 Å². The van der Waals surface area contributed by atoms with Gasteiger partial charge >= 0.3 is 6.01 Å². The Morgan fingerprint density at radius 2 is 1.95 bits per heavy atom. The Bertz CT molecular complexity index is 573. The summed E-state index contributed by atoms with van der Waals surface area (Å²) < 4.78 is 5.83. The van der Waals surface area contributed by atoms with E-state index < -0.39 is 0 Å². The summed E-state index contributed by atoms with van der Waals surface area (Å²) in [4.78, 5) is 12.3. The van der Waals surface area contributed by atoms with Crippen molar-refractivity contribution < 1.29 is 4.74 Å². The van der Waals surface area contributed by atoms with Crippen LogP contribution in [-0.4, -0.2) is 29.1 Å². The van der Waals surface area contributed by atoms with Gasteiger partial charge in [-0.05, 0) is 34.1 Å². The van der Waals surface area contributed by atoms with E-state index in [0.717, 1.165) is 10.2 Å². The molecule has 0 unspecified atom stereocenters. The van der Waals surface area contributed by atoms with Crippen molar-refractivity contribution in [2.24, 2.45) is 0 Å². The van der Waals surface area contributed by atoms with E-state index in [1.807, 2.05) is 12.1 Å². The standard InChI is InChI=1S/C11H11BrClN5O/c1-14-9-16-10(18-11(17-9)19-2)15-6-3-4-7(12)8(13)5-6/h3-5H,1-2H3,(H2,14,15,16,17,18). The van der Waals surface area contributed by atoms with Gasteiger partial charge in [0.05, 0.1) is 12.1 Å². The van der Waals surface area contributed by atoms with Crippen LogP contribution < -0.4 is 15.4 Å². The highest BCUT2D eigenvalue weighted by atomic mass is 79.9. The van der Waals surface area contributed by atoms with Gasteiger partial charge in [-0.2, -0.15) is 15.0 Å². The highest BCUT2D eigenvalue weighted by molar-refractivity contribution is 9.10. The third-order valence-corrected chi connectivity index (χ3v) is 3.43. The zero-order chi connectivity index (χ0) is 13.8. The van der Waals surface area contributed by atoms with Crippen molar-refractivity contribution in [3.05, 3.63) is 27.7 Å². The maximum Gasteiger partial charge on any atom is 0.322 e. The van der Waals surface area contributed by atoms with Crippen molar-refractivity contribution in [3.63, 3.8) is 0 Å². The molecule has 8 heteroatoms. The second-order valence-electron chi connectivity index (χ2n) is 3.47. The molecule has 19 heavy (non-hydrogen) atoms. The van der Waals surface area contributed by atoms with Gasteiger partial charge < -0.3 is 15.4 Å². The Hall–Kier alpha value is -1.60. The summed E-state index contributed by atoms with van der Waals surface area (Å²) >= 11 is 9.35. The molecule has 0 aliphatic carbocycles. The summed E-state index contributed by atoms with van der Waals surface area (Å²) in [6, 6.07) is 5.68. The van der Waals surface area contributed by atoms with E-state index in [1.54, 1.807) is 13.1 Å². The molecule has 0 aliphatic rings. The Morgan fingerprint density at radius 1 is 1.21 bits per heavy atom. The average Bonchev–Trinajstić information content (AvgIpc) is 2.42. The summed E-state index contributed by atoms with van der Waals surface area (Å²) in [5.74, 6) is 0.784. The summed E-state index contributed by atoms with van der Waals surface area (Å²) in [5, 5.41) is 6.46. The van der Waals surface area contributed by atoms with Crippen LogP contribution in [0.15, 0.2) is 22.7 Å². The molecule has 1 heterocycles. The van der Waals surface area contributed by atoms with Gasteiger partial charge in [-0.25, -0.2) is 0 Å². The first-order valence-electron chi connectivity index (χ1n) is 5.32. The first-order valence-corrected chi connectivity index (χ1v) is 6.49. The van der Waals surface area contributed by atoms with Gasteiger partial charge in [0.25, 0.3) is 0 Å². The van der Waals surface area contributed by atoms with Crippen molar-refractivity contribution in [2.45, 2.75) is 0 Å². The fourth-order valence-electron chi connectivity index (χ4n) is 1.32. The average molecular weight is 345 g/mol. The first kappa shape index (κ1) is 13.8. The predicted molar refractivity (Wildman–Crippen MR) is 78.4 cm³/mol. The number of hydrogen-bond acceptors (Lipinski definition) is 6. The van der Waals surface area contributed by atoms with Crippen LogP contribution >= 0.6 is 27.5 Å². The molecular formula is C11H11BrClN5O. The predicted octanol–water partition coefficient (Wildman–Crippen LogP) is 3.08. The van der Waals surface area contributed by atoms with E-state index in [-0.39, 0.29) is 6.01 Å².